The Kier molecular flexibility index (Phi) is 8.84. The van der Waals surface area contributed by atoms with Gasteiger partial charge in [-0.05, 0) is 60.4 Å². The van der Waals surface area contributed by atoms with Crippen molar-refractivity contribution in [3.63, 3.8) is 0 Å². The number of rotatable bonds is 11. The standard InChI is InChI=1S/C28H30FN3O3S/c29-22-13-11-20(12-14-22)17-31-27(35)10-2-1-9-26-30-18-28(32(26)23-6-4-8-25(34)16-23)36-19-21-5-3-7-24(33)15-21/h3-8,11-16,28,33-34H,1-2,9-10,17-19H2,(H,31,35). The maximum atomic E-state index is 13.0. The average molecular weight is 508 g/mol. The average Bonchev–Trinajstić information content (AvgIpc) is 3.28. The molecule has 3 aromatic carbocycles. The lowest BCUT2D eigenvalue weighted by Crippen LogP contribution is -2.34. The van der Waals surface area contributed by atoms with Crippen molar-refractivity contribution >= 4 is 29.2 Å². The Bertz CT molecular complexity index is 1200. The van der Waals surface area contributed by atoms with Crippen molar-refractivity contribution in [3.8, 4) is 11.5 Å². The zero-order chi connectivity index (χ0) is 25.3. The number of nitrogens with zero attached hydrogens (tertiary/aromatic N) is 2. The van der Waals surface area contributed by atoms with Gasteiger partial charge in [0, 0.05) is 36.9 Å². The van der Waals surface area contributed by atoms with Crippen molar-refractivity contribution in [1.29, 1.82) is 0 Å². The third-order valence-electron chi connectivity index (χ3n) is 5.91. The monoisotopic (exact) mass is 507 g/mol. The van der Waals surface area contributed by atoms with Crippen molar-refractivity contribution in [2.45, 2.75) is 43.4 Å². The Hall–Kier alpha value is -3.52. The highest BCUT2D eigenvalue weighted by Gasteiger charge is 2.29. The summed E-state index contributed by atoms with van der Waals surface area (Å²) in [5, 5.41) is 22.8. The minimum atomic E-state index is -0.292. The lowest BCUT2D eigenvalue weighted by atomic mass is 10.1. The SMILES string of the molecule is O=C(CCCCC1=NCC(SCc2cccc(O)c2)N1c1cccc(O)c1)NCc1ccc(F)cc1. The van der Waals surface area contributed by atoms with E-state index in [0.717, 1.165) is 47.7 Å². The van der Waals surface area contributed by atoms with Crippen molar-refractivity contribution in [1.82, 2.24) is 5.32 Å². The molecule has 3 aromatic rings. The number of benzene rings is 3. The molecule has 0 saturated heterocycles. The number of hydrogen-bond donors (Lipinski definition) is 3. The Balaban J connectivity index is 1.29. The second kappa shape index (κ2) is 12.4. The van der Waals surface area contributed by atoms with E-state index in [0.29, 0.717) is 19.5 Å². The molecule has 1 aliphatic rings. The van der Waals surface area contributed by atoms with Crippen LogP contribution in [0.25, 0.3) is 0 Å². The van der Waals surface area contributed by atoms with Crippen LogP contribution in [0.5, 0.6) is 11.5 Å². The molecule has 188 valence electrons. The molecule has 0 spiro atoms. The second-order valence-corrected chi connectivity index (χ2v) is 9.86. The summed E-state index contributed by atoms with van der Waals surface area (Å²) in [5.41, 5.74) is 2.79. The van der Waals surface area contributed by atoms with Gasteiger partial charge in [0.15, 0.2) is 0 Å². The van der Waals surface area contributed by atoms with Crippen molar-refractivity contribution in [3.05, 3.63) is 89.7 Å². The Morgan fingerprint density at radius 2 is 1.75 bits per heavy atom. The molecule has 4 rings (SSSR count). The zero-order valence-corrected chi connectivity index (χ0v) is 20.8. The number of carbonyl (C=O) groups excluding carboxylic acids is 1. The van der Waals surface area contributed by atoms with Gasteiger partial charge in [-0.2, -0.15) is 0 Å². The molecule has 3 N–H and O–H groups in total. The largest absolute Gasteiger partial charge is 0.508 e. The van der Waals surface area contributed by atoms with Crippen LogP contribution in [0, 0.1) is 5.82 Å². The van der Waals surface area contributed by atoms with Gasteiger partial charge in [0.1, 0.15) is 28.5 Å². The lowest BCUT2D eigenvalue weighted by molar-refractivity contribution is -0.121. The highest BCUT2D eigenvalue weighted by Crippen LogP contribution is 2.33. The van der Waals surface area contributed by atoms with Gasteiger partial charge >= 0.3 is 0 Å². The molecule has 6 nitrogen and oxygen atoms in total. The number of amides is 1. The molecule has 8 heteroatoms. The van der Waals surface area contributed by atoms with Gasteiger partial charge in [-0.3, -0.25) is 9.79 Å². The van der Waals surface area contributed by atoms with Gasteiger partial charge in [-0.15, -0.1) is 11.8 Å². The molecule has 0 saturated carbocycles. The summed E-state index contributed by atoms with van der Waals surface area (Å²) in [7, 11) is 0. The molecule has 0 radical (unpaired) electrons. The smallest absolute Gasteiger partial charge is 0.220 e. The molecule has 1 aliphatic heterocycles. The Morgan fingerprint density at radius 1 is 1.00 bits per heavy atom. The highest BCUT2D eigenvalue weighted by molar-refractivity contribution is 7.99. The molecular formula is C28H30FN3O3S. The van der Waals surface area contributed by atoms with Crippen molar-refractivity contribution in [2.75, 3.05) is 11.4 Å². The van der Waals surface area contributed by atoms with Crippen LogP contribution in [-0.2, 0) is 17.1 Å². The number of aliphatic imine (C=N–C) groups is 1. The van der Waals surface area contributed by atoms with E-state index in [-0.39, 0.29) is 28.6 Å². The number of nitrogens with one attached hydrogen (secondary N) is 1. The fourth-order valence-corrected chi connectivity index (χ4v) is 5.23. The maximum absolute atomic E-state index is 13.0. The normalized spacial score (nSPS) is 15.1. The first-order valence-corrected chi connectivity index (χ1v) is 13.0. The molecule has 1 unspecified atom stereocenters. The van der Waals surface area contributed by atoms with Crippen molar-refractivity contribution < 1.29 is 19.4 Å². The van der Waals surface area contributed by atoms with E-state index in [1.165, 1.54) is 12.1 Å². The van der Waals surface area contributed by atoms with Crippen molar-refractivity contribution in [2.24, 2.45) is 4.99 Å². The van der Waals surface area contributed by atoms with Crippen LogP contribution in [0.15, 0.2) is 77.8 Å². The summed E-state index contributed by atoms with van der Waals surface area (Å²) in [4.78, 5) is 19.2. The van der Waals surface area contributed by atoms with Crippen LogP contribution < -0.4 is 10.2 Å². The highest BCUT2D eigenvalue weighted by atomic mass is 32.2. The summed E-state index contributed by atoms with van der Waals surface area (Å²) >= 11 is 1.74. The number of thioether (sulfide) groups is 1. The molecule has 0 aromatic heterocycles. The number of aromatic hydroxyl groups is 2. The number of anilines is 1. The van der Waals surface area contributed by atoms with E-state index < -0.39 is 0 Å². The fourth-order valence-electron chi connectivity index (χ4n) is 4.09. The first-order chi connectivity index (χ1) is 17.5. The summed E-state index contributed by atoms with van der Waals surface area (Å²) in [5.74, 6) is 1.81. The predicted octanol–water partition coefficient (Wildman–Crippen LogP) is 5.59. The van der Waals surface area contributed by atoms with Crippen LogP contribution in [0.1, 0.15) is 36.8 Å². The number of hydrogen-bond acceptors (Lipinski definition) is 6. The summed E-state index contributed by atoms with van der Waals surface area (Å²) < 4.78 is 13.0. The number of unbranched alkanes of at least 4 members (excludes halogenated alkanes) is 1. The second-order valence-electron chi connectivity index (χ2n) is 8.69. The van der Waals surface area contributed by atoms with Crippen LogP contribution in [-0.4, -0.2) is 33.9 Å². The Labute approximate surface area is 214 Å². The predicted molar refractivity (Wildman–Crippen MR) is 143 cm³/mol. The van der Waals surface area contributed by atoms with Gasteiger partial charge in [0.2, 0.25) is 5.91 Å². The summed E-state index contributed by atoms with van der Waals surface area (Å²) in [6.07, 6.45) is 2.67. The number of phenols is 2. The van der Waals surface area contributed by atoms with E-state index in [1.54, 1.807) is 48.2 Å². The summed E-state index contributed by atoms with van der Waals surface area (Å²) in [6.45, 7) is 1.02. The van der Waals surface area contributed by atoms with Crippen LogP contribution >= 0.6 is 11.8 Å². The van der Waals surface area contributed by atoms with E-state index in [1.807, 2.05) is 24.3 Å². The van der Waals surface area contributed by atoms with Gasteiger partial charge in [-0.25, -0.2) is 4.39 Å². The molecule has 1 atom stereocenters. The number of carbonyl (C=O) groups is 1. The van der Waals surface area contributed by atoms with Gasteiger partial charge in [-0.1, -0.05) is 30.3 Å². The number of phenolic OH excluding ortho intramolecular Hbond substituents is 2. The zero-order valence-electron chi connectivity index (χ0n) is 19.9. The fraction of sp³-hybridized carbons (Fsp3) is 0.286. The van der Waals surface area contributed by atoms with E-state index in [9.17, 15) is 19.4 Å². The van der Waals surface area contributed by atoms with Crippen LogP contribution in [0.2, 0.25) is 0 Å². The molecular weight excluding hydrogens is 477 g/mol. The third kappa shape index (κ3) is 7.24. The minimum Gasteiger partial charge on any atom is -0.508 e. The van der Waals surface area contributed by atoms with E-state index in [4.69, 9.17) is 4.99 Å². The Morgan fingerprint density at radius 3 is 2.50 bits per heavy atom. The lowest BCUT2D eigenvalue weighted by Gasteiger charge is -2.28. The van der Waals surface area contributed by atoms with E-state index >= 15 is 0 Å². The van der Waals surface area contributed by atoms with Crippen LogP contribution in [0.4, 0.5) is 10.1 Å². The minimum absolute atomic E-state index is 0.0305. The van der Waals surface area contributed by atoms with Gasteiger partial charge in [0.25, 0.3) is 0 Å². The molecule has 1 heterocycles. The summed E-state index contributed by atoms with van der Waals surface area (Å²) in [6, 6.07) is 20.5. The first-order valence-electron chi connectivity index (χ1n) is 12.0. The molecule has 0 bridgehead atoms. The third-order valence-corrected chi connectivity index (χ3v) is 7.16. The first kappa shape index (κ1) is 25.6. The molecule has 0 aliphatic carbocycles. The maximum Gasteiger partial charge on any atom is 0.220 e. The molecule has 1 amide bonds. The molecule has 36 heavy (non-hydrogen) atoms. The number of halogens is 1. The van der Waals surface area contributed by atoms with Crippen LogP contribution in [0.3, 0.4) is 0 Å². The van der Waals surface area contributed by atoms with Gasteiger partial charge in [0.05, 0.1) is 6.54 Å². The quantitative estimate of drug-likeness (QED) is 0.295. The van der Waals surface area contributed by atoms with Gasteiger partial charge < -0.3 is 20.4 Å². The topological polar surface area (TPSA) is 85.2 Å². The number of amidine groups is 1. The van der Waals surface area contributed by atoms with E-state index in [2.05, 4.69) is 10.2 Å². The molecule has 0 fully saturated rings.